The second-order valence-corrected chi connectivity index (χ2v) is 7.39. The molecule has 3 rings (SSSR count). The van der Waals surface area contributed by atoms with Crippen LogP contribution in [0.5, 0.6) is 0 Å². The minimum atomic E-state index is -0.0148. The van der Waals surface area contributed by atoms with E-state index < -0.39 is 0 Å². The number of hydrogen-bond acceptors (Lipinski definition) is 2. The molecule has 1 atom stereocenters. The van der Waals surface area contributed by atoms with Crippen molar-refractivity contribution >= 4 is 0 Å². The van der Waals surface area contributed by atoms with Crippen LogP contribution in [0.15, 0.2) is 18.3 Å². The molecule has 1 unspecified atom stereocenters. The van der Waals surface area contributed by atoms with Crippen molar-refractivity contribution in [2.75, 3.05) is 0 Å². The van der Waals surface area contributed by atoms with Crippen molar-refractivity contribution in [2.24, 2.45) is 11.1 Å². The summed E-state index contributed by atoms with van der Waals surface area (Å²) in [5.74, 6) is 0.480. The number of nitrogens with zero attached hydrogens (tertiary/aromatic N) is 1. The van der Waals surface area contributed by atoms with Crippen LogP contribution in [-0.2, 0) is 6.42 Å². The van der Waals surface area contributed by atoms with E-state index in [-0.39, 0.29) is 5.54 Å². The number of aryl methyl sites for hydroxylation is 1. The standard InChI is InChI=1S/C17H26N2/c1-16(2)8-10-17(18,11-9-16)14-7-3-5-13-6-4-12-19-15(13)14/h4,6,12,14H,3,5,7-11,18H2,1-2H3. The van der Waals surface area contributed by atoms with Crippen LogP contribution < -0.4 is 5.73 Å². The Morgan fingerprint density at radius 1 is 1.21 bits per heavy atom. The van der Waals surface area contributed by atoms with Gasteiger partial charge in [0.25, 0.3) is 0 Å². The van der Waals surface area contributed by atoms with Crippen molar-refractivity contribution in [1.82, 2.24) is 4.98 Å². The fourth-order valence-electron chi connectivity index (χ4n) is 3.91. The molecule has 0 amide bonds. The van der Waals surface area contributed by atoms with Crippen LogP contribution in [0.25, 0.3) is 0 Å². The topological polar surface area (TPSA) is 38.9 Å². The smallest absolute Gasteiger partial charge is 0.0484 e. The molecular weight excluding hydrogens is 232 g/mol. The van der Waals surface area contributed by atoms with E-state index in [2.05, 4.69) is 31.0 Å². The fourth-order valence-corrected chi connectivity index (χ4v) is 3.91. The van der Waals surface area contributed by atoms with Gasteiger partial charge < -0.3 is 5.73 Å². The normalized spacial score (nSPS) is 28.7. The van der Waals surface area contributed by atoms with Crippen molar-refractivity contribution in [3.05, 3.63) is 29.6 Å². The zero-order valence-electron chi connectivity index (χ0n) is 12.3. The third-order valence-corrected chi connectivity index (χ3v) is 5.42. The van der Waals surface area contributed by atoms with Gasteiger partial charge in [-0.05, 0) is 62.0 Å². The molecule has 19 heavy (non-hydrogen) atoms. The lowest BCUT2D eigenvalue weighted by Crippen LogP contribution is -2.50. The Morgan fingerprint density at radius 2 is 1.95 bits per heavy atom. The summed E-state index contributed by atoms with van der Waals surface area (Å²) in [7, 11) is 0. The molecule has 2 heteroatoms. The van der Waals surface area contributed by atoms with Gasteiger partial charge in [-0.25, -0.2) is 0 Å². The SMILES string of the molecule is CC1(C)CCC(N)(C2CCCc3cccnc32)CC1. The van der Waals surface area contributed by atoms with E-state index in [1.807, 2.05) is 6.20 Å². The summed E-state index contributed by atoms with van der Waals surface area (Å²) in [6.07, 6.45) is 10.4. The largest absolute Gasteiger partial charge is 0.324 e. The average Bonchev–Trinajstić information content (AvgIpc) is 2.42. The summed E-state index contributed by atoms with van der Waals surface area (Å²) < 4.78 is 0. The highest BCUT2D eigenvalue weighted by molar-refractivity contribution is 5.29. The Hall–Kier alpha value is -0.890. The predicted octanol–water partition coefficient (Wildman–Crippen LogP) is 3.80. The molecular formula is C17H26N2. The summed E-state index contributed by atoms with van der Waals surface area (Å²) in [6.45, 7) is 4.75. The van der Waals surface area contributed by atoms with Gasteiger partial charge >= 0.3 is 0 Å². The Bertz CT molecular complexity index is 454. The van der Waals surface area contributed by atoms with E-state index in [9.17, 15) is 0 Å². The summed E-state index contributed by atoms with van der Waals surface area (Å²) >= 11 is 0. The van der Waals surface area contributed by atoms with Crippen LogP contribution in [0.2, 0.25) is 0 Å². The van der Waals surface area contributed by atoms with E-state index in [4.69, 9.17) is 5.73 Å². The Kier molecular flexibility index (Phi) is 3.17. The van der Waals surface area contributed by atoms with Gasteiger partial charge in [-0.3, -0.25) is 4.98 Å². The number of nitrogens with two attached hydrogens (primary N) is 1. The number of hydrogen-bond donors (Lipinski definition) is 1. The maximum Gasteiger partial charge on any atom is 0.0484 e. The molecule has 1 heterocycles. The first-order valence-electron chi connectivity index (χ1n) is 7.73. The van der Waals surface area contributed by atoms with Gasteiger partial charge in [0.05, 0.1) is 0 Å². The second-order valence-electron chi connectivity index (χ2n) is 7.39. The van der Waals surface area contributed by atoms with Gasteiger partial charge in [-0.15, -0.1) is 0 Å². The number of aromatic nitrogens is 1. The molecule has 104 valence electrons. The van der Waals surface area contributed by atoms with Crippen LogP contribution in [-0.4, -0.2) is 10.5 Å². The van der Waals surface area contributed by atoms with Gasteiger partial charge in [-0.2, -0.15) is 0 Å². The Balaban J connectivity index is 1.87. The van der Waals surface area contributed by atoms with E-state index in [1.165, 1.54) is 43.4 Å². The van der Waals surface area contributed by atoms with Gasteiger partial charge in [0, 0.05) is 23.3 Å². The van der Waals surface area contributed by atoms with Crippen LogP contribution in [0, 0.1) is 5.41 Å². The molecule has 2 nitrogen and oxygen atoms in total. The number of rotatable bonds is 1. The van der Waals surface area contributed by atoms with Gasteiger partial charge in [0.15, 0.2) is 0 Å². The quantitative estimate of drug-likeness (QED) is 0.832. The average molecular weight is 258 g/mol. The van der Waals surface area contributed by atoms with Gasteiger partial charge in [0.2, 0.25) is 0 Å². The molecule has 0 radical (unpaired) electrons. The summed E-state index contributed by atoms with van der Waals surface area (Å²) in [6, 6.07) is 4.30. The van der Waals surface area contributed by atoms with Crippen LogP contribution in [0.3, 0.4) is 0 Å². The third kappa shape index (κ3) is 2.43. The lowest BCUT2D eigenvalue weighted by molar-refractivity contribution is 0.135. The molecule has 2 aliphatic rings. The Labute approximate surface area is 116 Å². The highest BCUT2D eigenvalue weighted by Gasteiger charge is 2.43. The van der Waals surface area contributed by atoms with Crippen molar-refractivity contribution < 1.29 is 0 Å². The zero-order valence-corrected chi connectivity index (χ0v) is 12.3. The molecule has 0 aliphatic heterocycles. The monoisotopic (exact) mass is 258 g/mol. The minimum absolute atomic E-state index is 0.0148. The van der Waals surface area contributed by atoms with E-state index in [1.54, 1.807) is 0 Å². The number of pyridine rings is 1. The van der Waals surface area contributed by atoms with E-state index >= 15 is 0 Å². The lowest BCUT2D eigenvalue weighted by atomic mass is 9.62. The highest BCUT2D eigenvalue weighted by Crippen LogP contribution is 2.48. The van der Waals surface area contributed by atoms with Crippen LogP contribution in [0.1, 0.15) is 69.5 Å². The lowest BCUT2D eigenvalue weighted by Gasteiger charge is -2.47. The van der Waals surface area contributed by atoms with Crippen LogP contribution in [0.4, 0.5) is 0 Å². The summed E-state index contributed by atoms with van der Waals surface area (Å²) in [4.78, 5) is 4.68. The van der Waals surface area contributed by atoms with Crippen LogP contribution >= 0.6 is 0 Å². The molecule has 0 aromatic carbocycles. The van der Waals surface area contributed by atoms with Gasteiger partial charge in [-0.1, -0.05) is 19.9 Å². The molecule has 1 fully saturated rings. The van der Waals surface area contributed by atoms with E-state index in [0.29, 0.717) is 11.3 Å². The molecule has 1 saturated carbocycles. The maximum absolute atomic E-state index is 6.83. The maximum atomic E-state index is 6.83. The highest BCUT2D eigenvalue weighted by atomic mass is 14.8. The van der Waals surface area contributed by atoms with Crippen molar-refractivity contribution in [2.45, 2.75) is 70.3 Å². The zero-order chi connectivity index (χ0) is 13.5. The first-order valence-corrected chi connectivity index (χ1v) is 7.73. The first-order chi connectivity index (χ1) is 9.00. The minimum Gasteiger partial charge on any atom is -0.324 e. The molecule has 2 aliphatic carbocycles. The fraction of sp³-hybridized carbons (Fsp3) is 0.706. The second kappa shape index (κ2) is 4.59. The van der Waals surface area contributed by atoms with Crippen molar-refractivity contribution in [3.8, 4) is 0 Å². The molecule has 0 bridgehead atoms. The summed E-state index contributed by atoms with van der Waals surface area (Å²) in [5, 5.41) is 0. The van der Waals surface area contributed by atoms with Gasteiger partial charge in [0.1, 0.15) is 0 Å². The predicted molar refractivity (Wildman–Crippen MR) is 79.1 cm³/mol. The molecule has 2 N–H and O–H groups in total. The molecule has 0 spiro atoms. The Morgan fingerprint density at radius 3 is 2.68 bits per heavy atom. The van der Waals surface area contributed by atoms with Crippen molar-refractivity contribution in [3.63, 3.8) is 0 Å². The molecule has 1 aromatic rings. The summed E-state index contributed by atoms with van der Waals surface area (Å²) in [5.41, 5.74) is 10.0. The number of fused-ring (bicyclic) bond motifs is 1. The molecule has 1 aromatic heterocycles. The first kappa shape index (κ1) is 13.1. The van der Waals surface area contributed by atoms with E-state index in [0.717, 1.165) is 12.8 Å². The third-order valence-electron chi connectivity index (χ3n) is 5.42. The molecule has 0 saturated heterocycles. The van der Waals surface area contributed by atoms with Crippen molar-refractivity contribution in [1.29, 1.82) is 0 Å².